The highest BCUT2D eigenvalue weighted by Crippen LogP contribution is 2.28. The van der Waals surface area contributed by atoms with Gasteiger partial charge in [-0.05, 0) is 61.7 Å². The number of hydrogen-bond donors (Lipinski definition) is 1. The van der Waals surface area contributed by atoms with Crippen LogP contribution in [-0.4, -0.2) is 70.3 Å². The normalized spacial score (nSPS) is 16.8. The van der Waals surface area contributed by atoms with Crippen molar-refractivity contribution in [1.82, 2.24) is 23.7 Å². The molecule has 1 aromatic carbocycles. The molecule has 0 radical (unpaired) electrons. The lowest BCUT2D eigenvalue weighted by atomic mass is 10.1. The van der Waals surface area contributed by atoms with Crippen LogP contribution in [0, 0.1) is 0 Å². The van der Waals surface area contributed by atoms with E-state index in [0.717, 1.165) is 48.4 Å². The lowest BCUT2D eigenvalue weighted by Crippen LogP contribution is -2.59. The third kappa shape index (κ3) is 6.53. The molecule has 3 aromatic heterocycles. The number of fused-ring (bicyclic) bond motifs is 1. The van der Waals surface area contributed by atoms with E-state index >= 15 is 0 Å². The van der Waals surface area contributed by atoms with E-state index in [1.165, 1.54) is 34.9 Å². The molecule has 5 rings (SSSR count). The second kappa shape index (κ2) is 13.2. The van der Waals surface area contributed by atoms with E-state index in [-0.39, 0.29) is 16.7 Å². The summed E-state index contributed by atoms with van der Waals surface area (Å²) in [4.78, 5) is 25.0. The standard InChI is InChI=1S/C30H38N6O3S2/c1-3-5-6-7-8-17-34-18-19-36(41(38,39)28-10-9-20-40-28)27(22-34)30(37)32-24-11-12-26-25(21-24)33-29(35(26)4-2)23-13-15-31-16-14-23/h9-16,20-21,27H,3-8,17-19,22H2,1-2H3,(H,32,37)/t27-/m0/s1. The third-order valence-corrected chi connectivity index (χ3v) is 10.9. The molecule has 0 aliphatic carbocycles. The van der Waals surface area contributed by atoms with Gasteiger partial charge < -0.3 is 9.88 Å². The van der Waals surface area contributed by atoms with E-state index in [0.29, 0.717) is 18.8 Å². The molecule has 4 heterocycles. The van der Waals surface area contributed by atoms with Crippen LogP contribution in [0.15, 0.2) is 64.4 Å². The topological polar surface area (TPSA) is 100 Å². The number of piperazine rings is 1. The predicted octanol–water partition coefficient (Wildman–Crippen LogP) is 5.46. The molecule has 11 heteroatoms. The number of imidazole rings is 1. The lowest BCUT2D eigenvalue weighted by Gasteiger charge is -2.39. The molecule has 41 heavy (non-hydrogen) atoms. The molecule has 0 unspecified atom stereocenters. The average molecular weight is 595 g/mol. The van der Waals surface area contributed by atoms with Crippen molar-refractivity contribution in [2.45, 2.75) is 62.7 Å². The van der Waals surface area contributed by atoms with E-state index in [1.807, 2.05) is 30.3 Å². The smallest absolute Gasteiger partial charge is 0.253 e. The molecule has 1 aliphatic heterocycles. The minimum absolute atomic E-state index is 0.262. The van der Waals surface area contributed by atoms with Crippen LogP contribution in [0.2, 0.25) is 0 Å². The number of hydrogen-bond acceptors (Lipinski definition) is 7. The Morgan fingerprint density at radius 3 is 2.59 bits per heavy atom. The summed E-state index contributed by atoms with van der Waals surface area (Å²) in [6.45, 7) is 7.13. The molecule has 1 amide bonds. The SMILES string of the molecule is CCCCCCCN1CCN(S(=O)(=O)c2cccs2)[C@H](C(=O)Nc2ccc3c(c2)nc(-c2ccncc2)n3CC)C1. The number of unbranched alkanes of at least 4 members (excludes halogenated alkanes) is 4. The van der Waals surface area contributed by atoms with Gasteiger partial charge in [-0.2, -0.15) is 4.31 Å². The fourth-order valence-electron chi connectivity index (χ4n) is 5.47. The van der Waals surface area contributed by atoms with Crippen LogP contribution in [0.4, 0.5) is 5.69 Å². The van der Waals surface area contributed by atoms with Crippen LogP contribution in [0.3, 0.4) is 0 Å². The van der Waals surface area contributed by atoms with Gasteiger partial charge in [0.2, 0.25) is 5.91 Å². The van der Waals surface area contributed by atoms with Crippen LogP contribution < -0.4 is 5.32 Å². The predicted molar refractivity (Wildman–Crippen MR) is 164 cm³/mol. The number of aryl methyl sites for hydroxylation is 1. The first-order valence-corrected chi connectivity index (χ1v) is 16.7. The molecule has 1 aliphatic rings. The summed E-state index contributed by atoms with van der Waals surface area (Å²) in [7, 11) is -3.79. The summed E-state index contributed by atoms with van der Waals surface area (Å²) in [5.74, 6) is 0.507. The Hall–Kier alpha value is -3.12. The van der Waals surface area contributed by atoms with Gasteiger partial charge in [0.15, 0.2) is 0 Å². The first-order valence-electron chi connectivity index (χ1n) is 14.4. The number of rotatable bonds is 12. The second-order valence-corrected chi connectivity index (χ2v) is 13.5. The number of nitrogens with zero attached hydrogens (tertiary/aromatic N) is 5. The Kier molecular flexibility index (Phi) is 9.49. The minimum atomic E-state index is -3.79. The maximum absolute atomic E-state index is 13.8. The van der Waals surface area contributed by atoms with E-state index in [4.69, 9.17) is 4.98 Å². The number of aromatic nitrogens is 3. The van der Waals surface area contributed by atoms with Crippen LogP contribution in [0.1, 0.15) is 46.0 Å². The molecular formula is C30H38N6O3S2. The van der Waals surface area contributed by atoms with Crippen LogP contribution in [-0.2, 0) is 21.4 Å². The van der Waals surface area contributed by atoms with Crippen LogP contribution in [0.25, 0.3) is 22.4 Å². The Morgan fingerprint density at radius 2 is 1.85 bits per heavy atom. The number of anilines is 1. The lowest BCUT2D eigenvalue weighted by molar-refractivity contribution is -0.121. The molecule has 4 aromatic rings. The molecule has 218 valence electrons. The molecular weight excluding hydrogens is 557 g/mol. The number of sulfonamides is 1. The quantitative estimate of drug-likeness (QED) is 0.219. The fourth-order valence-corrected chi connectivity index (χ4v) is 8.16. The maximum Gasteiger partial charge on any atom is 0.253 e. The van der Waals surface area contributed by atoms with E-state index in [1.54, 1.807) is 29.9 Å². The van der Waals surface area contributed by atoms with Gasteiger partial charge in [0.1, 0.15) is 16.1 Å². The van der Waals surface area contributed by atoms with Gasteiger partial charge in [-0.1, -0.05) is 38.7 Å². The van der Waals surface area contributed by atoms with Gasteiger partial charge in [0.05, 0.1) is 11.0 Å². The molecule has 1 saturated heterocycles. The molecule has 1 fully saturated rings. The van der Waals surface area contributed by atoms with Crippen molar-refractivity contribution in [3.05, 3.63) is 60.2 Å². The van der Waals surface area contributed by atoms with E-state index < -0.39 is 16.1 Å². The number of amides is 1. The summed E-state index contributed by atoms with van der Waals surface area (Å²) in [6.07, 6.45) is 9.29. The average Bonchev–Trinajstić information content (AvgIpc) is 3.66. The molecule has 1 atom stereocenters. The molecule has 0 bridgehead atoms. The van der Waals surface area contributed by atoms with Gasteiger partial charge in [-0.15, -0.1) is 11.3 Å². The van der Waals surface area contributed by atoms with Crippen molar-refractivity contribution >= 4 is 44.0 Å². The third-order valence-electron chi connectivity index (χ3n) is 7.62. The van der Waals surface area contributed by atoms with Gasteiger partial charge in [-0.3, -0.25) is 14.7 Å². The first kappa shape index (κ1) is 29.4. The van der Waals surface area contributed by atoms with Crippen molar-refractivity contribution in [3.63, 3.8) is 0 Å². The molecule has 0 saturated carbocycles. The zero-order valence-corrected chi connectivity index (χ0v) is 25.3. The van der Waals surface area contributed by atoms with Crippen molar-refractivity contribution in [3.8, 4) is 11.4 Å². The number of nitrogens with one attached hydrogen (secondary N) is 1. The van der Waals surface area contributed by atoms with Crippen LogP contribution >= 0.6 is 11.3 Å². The zero-order chi connectivity index (χ0) is 28.8. The van der Waals surface area contributed by atoms with Crippen molar-refractivity contribution in [1.29, 1.82) is 0 Å². The summed E-state index contributed by atoms with van der Waals surface area (Å²) >= 11 is 1.18. The minimum Gasteiger partial charge on any atom is -0.325 e. The first-order chi connectivity index (χ1) is 19.9. The van der Waals surface area contributed by atoms with Gasteiger partial charge in [-0.25, -0.2) is 13.4 Å². The Bertz CT molecular complexity index is 1550. The van der Waals surface area contributed by atoms with Gasteiger partial charge in [0.25, 0.3) is 10.0 Å². The van der Waals surface area contributed by atoms with Crippen molar-refractivity contribution in [2.75, 3.05) is 31.5 Å². The van der Waals surface area contributed by atoms with Crippen molar-refractivity contribution in [2.24, 2.45) is 0 Å². The Labute approximate surface area is 246 Å². The highest BCUT2D eigenvalue weighted by molar-refractivity contribution is 7.91. The van der Waals surface area contributed by atoms with Crippen LogP contribution in [0.5, 0.6) is 0 Å². The van der Waals surface area contributed by atoms with E-state index in [9.17, 15) is 13.2 Å². The van der Waals surface area contributed by atoms with E-state index in [2.05, 4.69) is 33.6 Å². The number of carbonyl (C=O) groups is 1. The monoisotopic (exact) mass is 594 g/mol. The summed E-state index contributed by atoms with van der Waals surface area (Å²) < 4.78 is 30.9. The number of carbonyl (C=O) groups excluding carboxylic acids is 1. The zero-order valence-electron chi connectivity index (χ0n) is 23.7. The molecule has 1 N–H and O–H groups in total. The Morgan fingerprint density at radius 1 is 1.05 bits per heavy atom. The molecule has 9 nitrogen and oxygen atoms in total. The fraction of sp³-hybridized carbons (Fsp3) is 0.433. The van der Waals surface area contributed by atoms with Gasteiger partial charge >= 0.3 is 0 Å². The maximum atomic E-state index is 13.8. The second-order valence-electron chi connectivity index (χ2n) is 10.4. The summed E-state index contributed by atoms with van der Waals surface area (Å²) in [5.41, 5.74) is 3.28. The number of pyridine rings is 1. The van der Waals surface area contributed by atoms with Gasteiger partial charge in [0, 0.05) is 49.8 Å². The molecule has 0 spiro atoms. The number of benzene rings is 1. The summed E-state index contributed by atoms with van der Waals surface area (Å²) in [6, 6.07) is 12.0. The Balaban J connectivity index is 1.38. The highest BCUT2D eigenvalue weighted by atomic mass is 32.2. The number of thiophene rings is 1. The largest absolute Gasteiger partial charge is 0.325 e. The summed E-state index contributed by atoms with van der Waals surface area (Å²) in [5, 5.41) is 4.76. The highest BCUT2D eigenvalue weighted by Gasteiger charge is 2.40. The van der Waals surface area contributed by atoms with Crippen molar-refractivity contribution < 1.29 is 13.2 Å².